The molecule has 0 bridgehead atoms. The highest BCUT2D eigenvalue weighted by atomic mass is 16.3. The van der Waals surface area contributed by atoms with Crippen LogP contribution in [0.25, 0.3) is 76.5 Å². The Labute approximate surface area is 323 Å². The van der Waals surface area contributed by atoms with Crippen LogP contribution >= 0.6 is 0 Å². The van der Waals surface area contributed by atoms with Crippen molar-refractivity contribution in [3.05, 3.63) is 204 Å². The molecule has 10 aromatic rings. The quantitative estimate of drug-likeness (QED) is 0.161. The third kappa shape index (κ3) is 5.26. The molecule has 1 heterocycles. The van der Waals surface area contributed by atoms with E-state index in [-0.39, 0.29) is 60.1 Å². The zero-order valence-electron chi connectivity index (χ0n) is 45.7. The van der Waals surface area contributed by atoms with Gasteiger partial charge in [0.2, 0.25) is 0 Å². The van der Waals surface area contributed by atoms with E-state index in [4.69, 9.17) is 16.8 Å². The van der Waals surface area contributed by atoms with Crippen LogP contribution in [0, 0.1) is 0 Å². The number of rotatable bonds is 6. The minimum atomic E-state index is -0.749. The summed E-state index contributed by atoms with van der Waals surface area (Å²) in [5, 5.41) is -0.250. The molecule has 0 N–H and O–H groups in total. The number of fused-ring (bicyclic) bond motifs is 6. The van der Waals surface area contributed by atoms with Crippen LogP contribution in [0.4, 0.5) is 0 Å². The smallest absolute Gasteiger partial charge is 0.136 e. The van der Waals surface area contributed by atoms with Crippen molar-refractivity contribution < 1.29 is 30.5 Å². The zero-order chi connectivity index (χ0) is 50.3. The molecule has 0 spiro atoms. The first-order chi connectivity index (χ1) is 33.2. The lowest BCUT2D eigenvalue weighted by molar-refractivity contribution is 0.669. The molecular formula is C50H34O. The zero-order valence-corrected chi connectivity index (χ0v) is 26.7. The summed E-state index contributed by atoms with van der Waals surface area (Å²) in [4.78, 5) is 0. The molecule has 0 saturated heterocycles. The van der Waals surface area contributed by atoms with E-state index in [1.165, 1.54) is 0 Å². The molecule has 0 saturated carbocycles. The highest BCUT2D eigenvalue weighted by molar-refractivity contribution is 6.08. The van der Waals surface area contributed by atoms with Crippen molar-refractivity contribution in [2.75, 3.05) is 0 Å². The fraction of sp³-hybridized carbons (Fsp3) is 0.0400. The first-order valence-electron chi connectivity index (χ1n) is 25.7. The molecule has 0 unspecified atom stereocenters. The Morgan fingerprint density at radius 3 is 1.73 bits per heavy atom. The van der Waals surface area contributed by atoms with Crippen LogP contribution in [0.3, 0.4) is 0 Å². The van der Waals surface area contributed by atoms with Gasteiger partial charge in [0.05, 0.1) is 26.0 Å². The summed E-state index contributed by atoms with van der Waals surface area (Å²) in [7, 11) is 0. The van der Waals surface area contributed by atoms with Crippen molar-refractivity contribution in [1.29, 1.82) is 0 Å². The summed E-state index contributed by atoms with van der Waals surface area (Å²) in [6.45, 7) is 0. The largest absolute Gasteiger partial charge is 0.456 e. The Bertz CT molecular complexity index is 3880. The fourth-order valence-electron chi connectivity index (χ4n) is 6.74. The molecule has 0 radical (unpaired) electrons. The number of benzene rings is 9. The van der Waals surface area contributed by atoms with Gasteiger partial charge in [-0.15, -0.1) is 0 Å². The second-order valence-electron chi connectivity index (χ2n) is 12.2. The Morgan fingerprint density at radius 2 is 1.00 bits per heavy atom. The molecule has 0 aliphatic heterocycles. The van der Waals surface area contributed by atoms with Gasteiger partial charge in [-0.1, -0.05) is 151 Å². The molecular weight excluding hydrogens is 617 g/mol. The average Bonchev–Trinajstić information content (AvgIpc) is 3.72. The standard InChI is InChI=1S/C50H34O/c1-3-11-33(12-4-1)28-46-41-15-7-9-17-43(41)47(44-18-10-8-16-42(44)46)29-34-19-20-37-30-38(22-21-36(37)27-34)40-23-25-45-48-31-39(35-13-5-2-6-14-35)24-26-49(48)51-50(45)32-40/h1-27,30-32H,28-29H2/i1D,3D,4D,7D,8D,9D,10D,11D,12D,15D,16D,17D,18D,19D,20D,21D,22D,27D,30D. The van der Waals surface area contributed by atoms with Gasteiger partial charge in [0.1, 0.15) is 11.2 Å². The molecule has 0 amide bonds. The van der Waals surface area contributed by atoms with E-state index in [9.17, 15) is 13.7 Å². The average molecular weight is 670 g/mol. The van der Waals surface area contributed by atoms with Crippen LogP contribution in [0.1, 0.15) is 48.3 Å². The lowest BCUT2D eigenvalue weighted by Gasteiger charge is -2.17. The summed E-state index contributed by atoms with van der Waals surface area (Å²) in [5.41, 5.74) is 2.24. The van der Waals surface area contributed by atoms with Gasteiger partial charge >= 0.3 is 0 Å². The van der Waals surface area contributed by atoms with Crippen LogP contribution in [0.15, 0.2) is 186 Å². The molecule has 1 nitrogen and oxygen atoms in total. The van der Waals surface area contributed by atoms with Crippen LogP contribution in [0.5, 0.6) is 0 Å². The monoisotopic (exact) mass is 669 g/mol. The van der Waals surface area contributed by atoms with Crippen molar-refractivity contribution in [3.8, 4) is 22.3 Å². The summed E-state index contributed by atoms with van der Waals surface area (Å²) in [6.07, 6.45) is -1.32. The second kappa shape index (κ2) is 12.2. The van der Waals surface area contributed by atoms with Gasteiger partial charge in [0.15, 0.2) is 0 Å². The lowest BCUT2D eigenvalue weighted by Crippen LogP contribution is -1.98. The fourth-order valence-corrected chi connectivity index (χ4v) is 6.74. The molecule has 0 fully saturated rings. The molecule has 51 heavy (non-hydrogen) atoms. The van der Waals surface area contributed by atoms with Crippen LogP contribution in [0.2, 0.25) is 0 Å². The highest BCUT2D eigenvalue weighted by Crippen LogP contribution is 2.38. The first kappa shape index (κ1) is 16.1. The van der Waals surface area contributed by atoms with Gasteiger partial charge < -0.3 is 4.42 Å². The summed E-state index contributed by atoms with van der Waals surface area (Å²) in [5.74, 6) is 0. The number of hydrogen-bond acceptors (Lipinski definition) is 1. The highest BCUT2D eigenvalue weighted by Gasteiger charge is 2.15. The van der Waals surface area contributed by atoms with Crippen molar-refractivity contribution in [1.82, 2.24) is 0 Å². The lowest BCUT2D eigenvalue weighted by atomic mass is 9.86. The van der Waals surface area contributed by atoms with Crippen molar-refractivity contribution in [2.24, 2.45) is 0 Å². The van der Waals surface area contributed by atoms with Gasteiger partial charge in [0.25, 0.3) is 0 Å². The molecule has 0 atom stereocenters. The molecule has 240 valence electrons. The maximum Gasteiger partial charge on any atom is 0.136 e. The summed E-state index contributed by atoms with van der Waals surface area (Å²) in [6, 6.07) is 8.38. The normalized spacial score (nSPS) is 16.9. The van der Waals surface area contributed by atoms with Crippen molar-refractivity contribution >= 4 is 54.3 Å². The number of furan rings is 1. The van der Waals surface area contributed by atoms with Crippen molar-refractivity contribution in [2.45, 2.75) is 12.8 Å². The maximum atomic E-state index is 9.54. The predicted molar refractivity (Wildman–Crippen MR) is 216 cm³/mol. The van der Waals surface area contributed by atoms with Gasteiger partial charge in [-0.25, -0.2) is 0 Å². The molecule has 0 aliphatic carbocycles. The third-order valence-electron chi connectivity index (χ3n) is 9.13. The predicted octanol–water partition coefficient (Wildman–Crippen LogP) is 13.6. The Hall–Kier alpha value is -6.44. The SMILES string of the molecule is [2H]c1c([2H])c([2H])c(Cc2c3c([2H])c([2H])c([2H])c([2H])c3c(Cc3c([2H])c([2H])c4c([2H])c(-c5ccc6c(c5)oc5ccc(-c7ccccc7)cc56)c([2H])c([2H])c4c3[2H])c3c([2H])c([2H])c([2H])c([2H])c23)c([2H])c1[2H]. The van der Waals surface area contributed by atoms with Gasteiger partial charge in [-0.05, 0) is 120 Å². The third-order valence-corrected chi connectivity index (χ3v) is 9.13. The van der Waals surface area contributed by atoms with Crippen LogP contribution in [-0.2, 0) is 12.8 Å². The Morgan fingerprint density at radius 1 is 0.392 bits per heavy atom. The molecule has 9 aromatic carbocycles. The summed E-state index contributed by atoms with van der Waals surface area (Å²) < 4.78 is 176. The van der Waals surface area contributed by atoms with Crippen LogP contribution in [-0.4, -0.2) is 0 Å². The first-order valence-corrected chi connectivity index (χ1v) is 16.2. The van der Waals surface area contributed by atoms with Gasteiger partial charge in [0, 0.05) is 10.8 Å². The van der Waals surface area contributed by atoms with Gasteiger partial charge in [-0.3, -0.25) is 0 Å². The van der Waals surface area contributed by atoms with E-state index in [1.807, 2.05) is 48.5 Å². The second-order valence-corrected chi connectivity index (χ2v) is 12.2. The van der Waals surface area contributed by atoms with E-state index in [0.717, 1.165) is 21.9 Å². The van der Waals surface area contributed by atoms with Crippen molar-refractivity contribution in [3.63, 3.8) is 0 Å². The Balaban J connectivity index is 1.21. The number of hydrogen-bond donors (Lipinski definition) is 0. The molecule has 1 aromatic heterocycles. The minimum Gasteiger partial charge on any atom is -0.456 e. The topological polar surface area (TPSA) is 13.1 Å². The minimum absolute atomic E-state index is 0.0523. The molecule has 1 heteroatoms. The van der Waals surface area contributed by atoms with E-state index in [1.54, 1.807) is 18.2 Å². The van der Waals surface area contributed by atoms with Gasteiger partial charge in [-0.2, -0.15) is 0 Å². The maximum absolute atomic E-state index is 9.54. The van der Waals surface area contributed by atoms with E-state index < -0.39 is 128 Å². The van der Waals surface area contributed by atoms with E-state index in [2.05, 4.69) is 0 Å². The molecule has 10 rings (SSSR count). The Kier molecular flexibility index (Phi) is 3.83. The molecule has 0 aliphatic rings. The van der Waals surface area contributed by atoms with Crippen LogP contribution < -0.4 is 0 Å². The van der Waals surface area contributed by atoms with E-state index >= 15 is 0 Å². The summed E-state index contributed by atoms with van der Waals surface area (Å²) >= 11 is 0. The van der Waals surface area contributed by atoms with E-state index in [0.29, 0.717) is 16.7 Å².